The van der Waals surface area contributed by atoms with E-state index in [9.17, 15) is 8.42 Å². The molecule has 0 bridgehead atoms. The maximum atomic E-state index is 11.6. The van der Waals surface area contributed by atoms with Gasteiger partial charge < -0.3 is 0 Å². The van der Waals surface area contributed by atoms with Gasteiger partial charge in [-0.05, 0) is 23.3 Å². The minimum Gasteiger partial charge on any atom is -0.264 e. The molecule has 2 heterocycles. The lowest BCUT2D eigenvalue weighted by molar-refractivity contribution is 0.580. The van der Waals surface area contributed by atoms with Crippen molar-refractivity contribution in [2.45, 2.75) is 11.2 Å². The summed E-state index contributed by atoms with van der Waals surface area (Å²) in [7, 11) is -2.85. The van der Waals surface area contributed by atoms with E-state index in [1.165, 1.54) is 0 Å². The zero-order valence-electron chi connectivity index (χ0n) is 10.3. The first-order valence-electron chi connectivity index (χ1n) is 6.24. The maximum Gasteiger partial charge on any atom is 0.150 e. The van der Waals surface area contributed by atoms with Crippen molar-refractivity contribution in [1.82, 2.24) is 4.98 Å². The number of alkyl halides is 1. The van der Waals surface area contributed by atoms with Crippen LogP contribution < -0.4 is 0 Å². The molecule has 0 aliphatic carbocycles. The molecule has 2 atom stereocenters. The van der Waals surface area contributed by atoms with Gasteiger partial charge >= 0.3 is 0 Å². The molecule has 1 aliphatic rings. The molecule has 3 nitrogen and oxygen atoms in total. The fraction of sp³-hybridized carbons (Fsp3) is 0.357. The number of hydrogen-bond donors (Lipinski definition) is 0. The van der Waals surface area contributed by atoms with E-state index in [-0.39, 0.29) is 16.5 Å². The summed E-state index contributed by atoms with van der Waals surface area (Å²) < 4.78 is 23.2. The summed E-state index contributed by atoms with van der Waals surface area (Å²) in [6.07, 6.45) is 4.40. The Kier molecular flexibility index (Phi) is 3.35. The monoisotopic (exact) mass is 339 g/mol. The van der Waals surface area contributed by atoms with Crippen LogP contribution in [0.15, 0.2) is 36.7 Å². The molecule has 19 heavy (non-hydrogen) atoms. The molecule has 5 heteroatoms. The number of sulfone groups is 1. The van der Waals surface area contributed by atoms with Crippen molar-refractivity contribution < 1.29 is 8.42 Å². The summed E-state index contributed by atoms with van der Waals surface area (Å²) in [6, 6.07) is 8.06. The third-order valence-electron chi connectivity index (χ3n) is 3.68. The lowest BCUT2D eigenvalue weighted by Gasteiger charge is -2.17. The van der Waals surface area contributed by atoms with Gasteiger partial charge in [0, 0.05) is 22.6 Å². The Morgan fingerprint density at radius 1 is 1.26 bits per heavy atom. The highest BCUT2D eigenvalue weighted by atomic mass is 79.9. The van der Waals surface area contributed by atoms with Crippen LogP contribution in [0.4, 0.5) is 0 Å². The standard InChI is InChI=1S/C14H14BrNO2S/c15-14(11-5-6-19(17,18)9-11)13-8-16-7-10-3-1-2-4-12(10)13/h1-4,7-8,11,14H,5-6,9H2. The number of rotatable bonds is 2. The highest BCUT2D eigenvalue weighted by molar-refractivity contribution is 9.09. The summed E-state index contributed by atoms with van der Waals surface area (Å²) in [6.45, 7) is 0. The van der Waals surface area contributed by atoms with Crippen LogP contribution in [0.1, 0.15) is 16.8 Å². The van der Waals surface area contributed by atoms with Crippen LogP contribution in [0, 0.1) is 5.92 Å². The molecule has 1 aromatic carbocycles. The van der Waals surface area contributed by atoms with Crippen molar-refractivity contribution in [1.29, 1.82) is 0 Å². The van der Waals surface area contributed by atoms with Gasteiger partial charge in [0.1, 0.15) is 0 Å². The van der Waals surface area contributed by atoms with E-state index in [4.69, 9.17) is 0 Å². The van der Waals surface area contributed by atoms with Gasteiger partial charge in [0.25, 0.3) is 0 Å². The summed E-state index contributed by atoms with van der Waals surface area (Å²) in [5.41, 5.74) is 1.08. The topological polar surface area (TPSA) is 47.0 Å². The van der Waals surface area contributed by atoms with Crippen LogP contribution >= 0.6 is 15.9 Å². The summed E-state index contributed by atoms with van der Waals surface area (Å²) in [5, 5.41) is 2.23. The van der Waals surface area contributed by atoms with Crippen LogP contribution in [0.5, 0.6) is 0 Å². The molecule has 0 saturated carbocycles. The van der Waals surface area contributed by atoms with Gasteiger partial charge in [-0.3, -0.25) is 4.98 Å². The largest absolute Gasteiger partial charge is 0.264 e. The first-order valence-corrected chi connectivity index (χ1v) is 8.98. The lowest BCUT2D eigenvalue weighted by atomic mass is 9.96. The molecule has 2 unspecified atom stereocenters. The molecule has 0 spiro atoms. The third kappa shape index (κ3) is 2.54. The van der Waals surface area contributed by atoms with Gasteiger partial charge in [0.05, 0.1) is 11.5 Å². The maximum absolute atomic E-state index is 11.6. The molecular weight excluding hydrogens is 326 g/mol. The van der Waals surface area contributed by atoms with E-state index < -0.39 is 9.84 Å². The Bertz CT molecular complexity index is 709. The Morgan fingerprint density at radius 2 is 2.05 bits per heavy atom. The van der Waals surface area contributed by atoms with E-state index in [0.29, 0.717) is 5.75 Å². The number of hydrogen-bond acceptors (Lipinski definition) is 3. The van der Waals surface area contributed by atoms with E-state index in [1.807, 2.05) is 30.6 Å². The van der Waals surface area contributed by atoms with Crippen LogP contribution in [0.25, 0.3) is 10.8 Å². The molecule has 1 aromatic heterocycles. The first kappa shape index (κ1) is 13.1. The lowest BCUT2D eigenvalue weighted by Crippen LogP contribution is -2.10. The fourth-order valence-electron chi connectivity index (χ4n) is 2.67. The highest BCUT2D eigenvalue weighted by Gasteiger charge is 2.33. The van der Waals surface area contributed by atoms with Gasteiger partial charge in [-0.25, -0.2) is 8.42 Å². The van der Waals surface area contributed by atoms with Gasteiger partial charge in [-0.15, -0.1) is 0 Å². The van der Waals surface area contributed by atoms with E-state index in [1.54, 1.807) is 0 Å². The SMILES string of the molecule is O=S1(=O)CCC(C(Br)c2cncc3ccccc23)C1. The van der Waals surface area contributed by atoms with Crippen molar-refractivity contribution in [3.63, 3.8) is 0 Å². The predicted octanol–water partition coefficient (Wildman–Crippen LogP) is 3.11. The van der Waals surface area contributed by atoms with Crippen LogP contribution in [0.2, 0.25) is 0 Å². The van der Waals surface area contributed by atoms with Gasteiger partial charge in [-0.1, -0.05) is 40.2 Å². The van der Waals surface area contributed by atoms with E-state index >= 15 is 0 Å². The van der Waals surface area contributed by atoms with Gasteiger partial charge in [-0.2, -0.15) is 0 Å². The Balaban J connectivity index is 2.00. The molecular formula is C14H14BrNO2S. The van der Waals surface area contributed by atoms with Crippen LogP contribution in [-0.4, -0.2) is 24.9 Å². The third-order valence-corrected chi connectivity index (χ3v) is 6.71. The average Bonchev–Trinajstić information content (AvgIpc) is 2.78. The molecule has 1 fully saturated rings. The number of fused-ring (bicyclic) bond motifs is 1. The molecule has 100 valence electrons. The van der Waals surface area contributed by atoms with Crippen LogP contribution in [-0.2, 0) is 9.84 Å². The zero-order valence-corrected chi connectivity index (χ0v) is 12.7. The molecule has 1 saturated heterocycles. The number of pyridine rings is 1. The quantitative estimate of drug-likeness (QED) is 0.790. The molecule has 0 radical (unpaired) electrons. The Morgan fingerprint density at radius 3 is 2.79 bits per heavy atom. The van der Waals surface area contributed by atoms with E-state index in [2.05, 4.69) is 27.0 Å². The van der Waals surface area contributed by atoms with Gasteiger partial charge in [0.2, 0.25) is 0 Å². The van der Waals surface area contributed by atoms with Crippen molar-refractivity contribution in [3.05, 3.63) is 42.2 Å². The molecule has 3 rings (SSSR count). The second-order valence-electron chi connectivity index (χ2n) is 5.01. The smallest absolute Gasteiger partial charge is 0.150 e. The number of benzene rings is 1. The molecule has 1 aliphatic heterocycles. The number of halogens is 1. The van der Waals surface area contributed by atoms with Crippen molar-refractivity contribution in [3.8, 4) is 0 Å². The summed E-state index contributed by atoms with van der Waals surface area (Å²) in [5.74, 6) is 0.710. The minimum atomic E-state index is -2.85. The molecule has 0 N–H and O–H groups in total. The number of aromatic nitrogens is 1. The molecule has 2 aromatic rings. The normalized spacial score (nSPS) is 23.5. The summed E-state index contributed by atoms with van der Waals surface area (Å²) in [4.78, 5) is 4.31. The zero-order chi connectivity index (χ0) is 13.5. The van der Waals surface area contributed by atoms with E-state index in [0.717, 1.165) is 22.8 Å². The van der Waals surface area contributed by atoms with Crippen LogP contribution in [0.3, 0.4) is 0 Å². The first-order chi connectivity index (χ1) is 9.07. The molecule has 0 amide bonds. The Labute approximate surface area is 121 Å². The highest BCUT2D eigenvalue weighted by Crippen LogP contribution is 2.40. The average molecular weight is 340 g/mol. The van der Waals surface area contributed by atoms with Crippen molar-refractivity contribution >= 4 is 36.5 Å². The minimum absolute atomic E-state index is 0.0448. The summed E-state index contributed by atoms with van der Waals surface area (Å²) >= 11 is 3.68. The predicted molar refractivity (Wildman–Crippen MR) is 80.2 cm³/mol. The Hall–Kier alpha value is -0.940. The second-order valence-corrected chi connectivity index (χ2v) is 8.23. The van der Waals surface area contributed by atoms with Crippen molar-refractivity contribution in [2.75, 3.05) is 11.5 Å². The second kappa shape index (κ2) is 4.87. The van der Waals surface area contributed by atoms with Gasteiger partial charge in [0.15, 0.2) is 9.84 Å². The number of nitrogens with zero attached hydrogens (tertiary/aromatic N) is 1. The fourth-order valence-corrected chi connectivity index (χ4v) is 5.57. The van der Waals surface area contributed by atoms with Crippen molar-refractivity contribution in [2.24, 2.45) is 5.92 Å².